The lowest BCUT2D eigenvalue weighted by Crippen LogP contribution is -2.21. The van der Waals surface area contributed by atoms with E-state index in [1.54, 1.807) is 18.9 Å². The quantitative estimate of drug-likeness (QED) is 0.833. The Morgan fingerprint density at radius 1 is 1.42 bits per heavy atom. The van der Waals surface area contributed by atoms with Crippen molar-refractivity contribution in [3.8, 4) is 0 Å². The first-order valence-corrected chi connectivity index (χ1v) is 6.12. The number of fused-ring (bicyclic) bond motifs is 1. The van der Waals surface area contributed by atoms with Gasteiger partial charge in [0.2, 0.25) is 0 Å². The zero-order valence-corrected chi connectivity index (χ0v) is 10.9. The van der Waals surface area contributed by atoms with Gasteiger partial charge in [-0.3, -0.25) is 9.47 Å². The van der Waals surface area contributed by atoms with E-state index in [9.17, 15) is 0 Å². The summed E-state index contributed by atoms with van der Waals surface area (Å²) in [5.41, 5.74) is 1.55. The Morgan fingerprint density at radius 2 is 2.32 bits per heavy atom. The van der Waals surface area contributed by atoms with Gasteiger partial charge in [0.1, 0.15) is 12.7 Å². The van der Waals surface area contributed by atoms with Crippen molar-refractivity contribution in [2.24, 2.45) is 0 Å². The summed E-state index contributed by atoms with van der Waals surface area (Å²) in [4.78, 5) is 15.0. The fourth-order valence-electron chi connectivity index (χ4n) is 1.98. The smallest absolute Gasteiger partial charge is 0.181 e. The normalized spacial score (nSPS) is 18.2. The summed E-state index contributed by atoms with van der Waals surface area (Å²) in [5.74, 6) is 0.739. The summed E-state index contributed by atoms with van der Waals surface area (Å²) in [6, 6.07) is 0. The van der Waals surface area contributed by atoms with E-state index in [2.05, 4.69) is 20.3 Å². The number of nitrogens with one attached hydrogen (secondary N) is 1. The van der Waals surface area contributed by atoms with Crippen LogP contribution in [0.25, 0.3) is 11.2 Å². The SMILES string of the molecule is CN(C)CNc1ncnc2c1ncn2[C@H]1CC=CO1. The molecule has 0 aliphatic carbocycles. The Morgan fingerprint density at radius 3 is 3.05 bits per heavy atom. The largest absolute Gasteiger partial charge is 0.478 e. The highest BCUT2D eigenvalue weighted by Gasteiger charge is 2.18. The molecule has 0 unspecified atom stereocenters. The zero-order valence-electron chi connectivity index (χ0n) is 10.9. The van der Waals surface area contributed by atoms with Gasteiger partial charge >= 0.3 is 0 Å². The van der Waals surface area contributed by atoms with Crippen LogP contribution in [0.5, 0.6) is 0 Å². The molecule has 1 aliphatic heterocycles. The van der Waals surface area contributed by atoms with Crippen LogP contribution in [-0.4, -0.2) is 45.2 Å². The predicted molar refractivity (Wildman–Crippen MR) is 71.4 cm³/mol. The molecule has 7 heteroatoms. The first kappa shape index (κ1) is 11.9. The lowest BCUT2D eigenvalue weighted by atomic mass is 10.4. The highest BCUT2D eigenvalue weighted by atomic mass is 16.5. The van der Waals surface area contributed by atoms with Gasteiger partial charge in [0.25, 0.3) is 0 Å². The fraction of sp³-hybridized carbons (Fsp3) is 0.417. The number of anilines is 1. The molecule has 19 heavy (non-hydrogen) atoms. The van der Waals surface area contributed by atoms with E-state index in [4.69, 9.17) is 4.74 Å². The lowest BCUT2D eigenvalue weighted by Gasteiger charge is -2.13. The van der Waals surface area contributed by atoms with Crippen LogP contribution in [0.4, 0.5) is 5.82 Å². The van der Waals surface area contributed by atoms with Gasteiger partial charge in [-0.2, -0.15) is 0 Å². The average Bonchev–Trinajstić information content (AvgIpc) is 3.04. The number of rotatable bonds is 4. The topological polar surface area (TPSA) is 68.1 Å². The molecule has 7 nitrogen and oxygen atoms in total. The molecule has 2 aromatic rings. The second kappa shape index (κ2) is 4.85. The second-order valence-electron chi connectivity index (χ2n) is 4.66. The number of hydrogen-bond acceptors (Lipinski definition) is 6. The maximum absolute atomic E-state index is 5.50. The van der Waals surface area contributed by atoms with Gasteiger partial charge in [0.05, 0.1) is 12.9 Å². The van der Waals surface area contributed by atoms with Crippen LogP contribution in [0, 0.1) is 0 Å². The second-order valence-corrected chi connectivity index (χ2v) is 4.66. The van der Waals surface area contributed by atoms with Gasteiger partial charge in [-0.05, 0) is 20.2 Å². The maximum atomic E-state index is 5.50. The van der Waals surface area contributed by atoms with E-state index in [-0.39, 0.29) is 6.23 Å². The summed E-state index contributed by atoms with van der Waals surface area (Å²) >= 11 is 0. The molecule has 0 spiro atoms. The molecule has 0 amide bonds. The van der Waals surface area contributed by atoms with E-state index >= 15 is 0 Å². The van der Waals surface area contributed by atoms with E-state index in [1.165, 1.54) is 0 Å². The number of hydrogen-bond donors (Lipinski definition) is 1. The fourth-order valence-corrected chi connectivity index (χ4v) is 1.98. The van der Waals surface area contributed by atoms with Crippen LogP contribution >= 0.6 is 0 Å². The number of imidazole rings is 1. The first-order chi connectivity index (χ1) is 9.25. The average molecular weight is 260 g/mol. The number of nitrogens with zero attached hydrogens (tertiary/aromatic N) is 5. The molecule has 1 N–H and O–H groups in total. The van der Waals surface area contributed by atoms with Crippen molar-refractivity contribution in [2.45, 2.75) is 12.6 Å². The predicted octanol–water partition coefficient (Wildman–Crippen LogP) is 1.19. The Hall–Kier alpha value is -2.15. The van der Waals surface area contributed by atoms with Gasteiger partial charge < -0.3 is 10.1 Å². The van der Waals surface area contributed by atoms with Gasteiger partial charge in [0.15, 0.2) is 23.2 Å². The molecule has 1 aliphatic rings. The Bertz CT molecular complexity index is 597. The number of aromatic nitrogens is 4. The van der Waals surface area contributed by atoms with Crippen LogP contribution in [-0.2, 0) is 4.74 Å². The summed E-state index contributed by atoms with van der Waals surface area (Å²) in [7, 11) is 3.98. The monoisotopic (exact) mass is 260 g/mol. The third kappa shape index (κ3) is 2.24. The molecule has 0 radical (unpaired) electrons. The third-order valence-corrected chi connectivity index (χ3v) is 2.90. The standard InChI is InChI=1S/C12H16N6O/c1-17(2)7-16-11-10-12(14-6-13-11)18(8-15-10)9-4-3-5-19-9/h3,5-6,8-9H,4,7H2,1-2H3,(H,13,14,16)/t9-/m1/s1. The van der Waals surface area contributed by atoms with Gasteiger partial charge in [-0.15, -0.1) is 0 Å². The van der Waals surface area contributed by atoms with Crippen LogP contribution < -0.4 is 5.32 Å². The summed E-state index contributed by atoms with van der Waals surface area (Å²) in [6.45, 7) is 0.695. The molecule has 0 saturated heterocycles. The van der Waals surface area contributed by atoms with Gasteiger partial charge in [-0.25, -0.2) is 15.0 Å². The van der Waals surface area contributed by atoms with Crippen LogP contribution in [0.1, 0.15) is 12.6 Å². The van der Waals surface area contributed by atoms with Crippen molar-refractivity contribution in [1.82, 2.24) is 24.4 Å². The van der Waals surface area contributed by atoms with Gasteiger partial charge in [0, 0.05) is 6.42 Å². The van der Waals surface area contributed by atoms with Crippen molar-refractivity contribution >= 4 is 17.0 Å². The summed E-state index contributed by atoms with van der Waals surface area (Å²) in [6.07, 6.45) is 7.77. The van der Waals surface area contributed by atoms with E-state index in [0.29, 0.717) is 6.67 Å². The minimum atomic E-state index is -0.0541. The Balaban J connectivity index is 1.93. The first-order valence-electron chi connectivity index (χ1n) is 6.12. The van der Waals surface area contributed by atoms with Crippen molar-refractivity contribution in [3.63, 3.8) is 0 Å². The van der Waals surface area contributed by atoms with Crippen LogP contribution in [0.2, 0.25) is 0 Å². The molecule has 0 fully saturated rings. The Labute approximate surface area is 110 Å². The zero-order chi connectivity index (χ0) is 13.2. The highest BCUT2D eigenvalue weighted by Crippen LogP contribution is 2.26. The molecule has 3 rings (SSSR count). The molecular weight excluding hydrogens is 244 g/mol. The molecular formula is C12H16N6O. The van der Waals surface area contributed by atoms with Crippen molar-refractivity contribution < 1.29 is 4.74 Å². The minimum absolute atomic E-state index is 0.0541. The van der Waals surface area contributed by atoms with Crippen molar-refractivity contribution in [3.05, 3.63) is 25.0 Å². The third-order valence-electron chi connectivity index (χ3n) is 2.90. The summed E-state index contributed by atoms with van der Waals surface area (Å²) < 4.78 is 7.43. The molecule has 1 atom stereocenters. The molecule has 0 bridgehead atoms. The lowest BCUT2D eigenvalue weighted by molar-refractivity contribution is 0.108. The van der Waals surface area contributed by atoms with Crippen molar-refractivity contribution in [1.29, 1.82) is 0 Å². The minimum Gasteiger partial charge on any atom is -0.478 e. The van der Waals surface area contributed by atoms with E-state index < -0.39 is 0 Å². The Kier molecular flexibility index (Phi) is 3.04. The molecule has 2 aromatic heterocycles. The van der Waals surface area contributed by atoms with Crippen molar-refractivity contribution in [2.75, 3.05) is 26.1 Å². The molecule has 0 saturated carbocycles. The molecule has 3 heterocycles. The van der Waals surface area contributed by atoms with E-state index in [0.717, 1.165) is 23.4 Å². The van der Waals surface area contributed by atoms with Crippen LogP contribution in [0.3, 0.4) is 0 Å². The van der Waals surface area contributed by atoms with Gasteiger partial charge in [-0.1, -0.05) is 0 Å². The van der Waals surface area contributed by atoms with Crippen LogP contribution in [0.15, 0.2) is 25.0 Å². The molecule has 100 valence electrons. The molecule has 0 aromatic carbocycles. The summed E-state index contributed by atoms with van der Waals surface area (Å²) in [5, 5.41) is 3.23. The number of ether oxygens (including phenoxy) is 1. The highest BCUT2D eigenvalue weighted by molar-refractivity contribution is 5.82. The van der Waals surface area contributed by atoms with E-state index in [1.807, 2.05) is 29.6 Å². The maximum Gasteiger partial charge on any atom is 0.181 e.